The summed E-state index contributed by atoms with van der Waals surface area (Å²) < 4.78 is 34.1. The number of imidazole rings is 1. The van der Waals surface area contributed by atoms with Gasteiger partial charge in [0.2, 0.25) is 20.9 Å². The molecule has 4 rings (SSSR count). The highest BCUT2D eigenvalue weighted by Crippen LogP contribution is 2.39. The molecule has 1 aliphatic carbocycles. The molecule has 1 aliphatic heterocycles. The zero-order valence-electron chi connectivity index (χ0n) is 18.9. The van der Waals surface area contributed by atoms with E-state index in [4.69, 9.17) is 4.74 Å². The number of carbonyl (C=O) groups excluding carboxylic acids is 1. The van der Waals surface area contributed by atoms with Gasteiger partial charge in [0.1, 0.15) is 0 Å². The van der Waals surface area contributed by atoms with Gasteiger partial charge in [-0.1, -0.05) is 44.2 Å². The maximum atomic E-state index is 13.2. The molecule has 1 aromatic carbocycles. The molecular formula is C24H33N3O4S. The van der Waals surface area contributed by atoms with Crippen LogP contribution in [0.3, 0.4) is 0 Å². The number of hydrogen-bond acceptors (Lipinski definition) is 5. The number of ether oxygens (including phenoxy) is 1. The Morgan fingerprint density at radius 3 is 2.59 bits per heavy atom. The first kappa shape index (κ1) is 23.0. The summed E-state index contributed by atoms with van der Waals surface area (Å²) in [5.74, 6) is 0.250. The Hall–Kier alpha value is -2.19. The molecule has 0 N–H and O–H groups in total. The number of carbonyl (C=O) groups is 1. The van der Waals surface area contributed by atoms with E-state index >= 15 is 0 Å². The average molecular weight is 460 g/mol. The summed E-state index contributed by atoms with van der Waals surface area (Å²) >= 11 is 0. The van der Waals surface area contributed by atoms with Crippen LogP contribution in [-0.2, 0) is 31.7 Å². The maximum absolute atomic E-state index is 13.2. The van der Waals surface area contributed by atoms with Gasteiger partial charge in [0.05, 0.1) is 30.3 Å². The topological polar surface area (TPSA) is 81.5 Å². The third-order valence-electron chi connectivity index (χ3n) is 5.97. The Balaban J connectivity index is 1.59. The maximum Gasteiger partial charge on any atom is 0.228 e. The number of aromatic nitrogens is 2. The van der Waals surface area contributed by atoms with Gasteiger partial charge in [-0.05, 0) is 37.2 Å². The fourth-order valence-corrected chi connectivity index (χ4v) is 5.81. The molecule has 174 valence electrons. The molecule has 2 aromatic rings. The molecule has 0 unspecified atom stereocenters. The molecule has 2 fully saturated rings. The zero-order valence-corrected chi connectivity index (χ0v) is 19.8. The first-order chi connectivity index (χ1) is 15.3. The molecule has 0 spiro atoms. The van der Waals surface area contributed by atoms with E-state index in [0.717, 1.165) is 43.5 Å². The van der Waals surface area contributed by atoms with E-state index in [1.165, 1.54) is 0 Å². The van der Waals surface area contributed by atoms with Crippen molar-refractivity contribution in [2.75, 3.05) is 13.2 Å². The van der Waals surface area contributed by atoms with E-state index < -0.39 is 9.84 Å². The van der Waals surface area contributed by atoms with E-state index in [-0.39, 0.29) is 34.9 Å². The number of amides is 1. The van der Waals surface area contributed by atoms with Gasteiger partial charge in [-0.15, -0.1) is 0 Å². The van der Waals surface area contributed by atoms with Crippen molar-refractivity contribution in [3.8, 4) is 0 Å². The normalized spacial score (nSPS) is 18.9. The lowest BCUT2D eigenvalue weighted by molar-refractivity contribution is -0.134. The van der Waals surface area contributed by atoms with Gasteiger partial charge in [0.25, 0.3) is 0 Å². The summed E-state index contributed by atoms with van der Waals surface area (Å²) in [6, 6.07) is 9.32. The minimum absolute atomic E-state index is 0.0460. The van der Waals surface area contributed by atoms with Crippen molar-refractivity contribution in [1.29, 1.82) is 0 Å². The molecule has 1 amide bonds. The van der Waals surface area contributed by atoms with Crippen molar-refractivity contribution in [1.82, 2.24) is 14.5 Å². The molecule has 32 heavy (non-hydrogen) atoms. The predicted molar refractivity (Wildman–Crippen MR) is 122 cm³/mol. The van der Waals surface area contributed by atoms with Crippen molar-refractivity contribution in [3.05, 3.63) is 47.8 Å². The SMILES string of the molecule is CC(C)CC(=O)N(Cc1cnc(S(=O)(=O)Cc2ccccc2)n1C1CC1)C[C@H]1CCCO1. The van der Waals surface area contributed by atoms with Crippen LogP contribution in [0.15, 0.2) is 41.7 Å². The molecule has 2 aliphatic rings. The second-order valence-electron chi connectivity index (χ2n) is 9.39. The first-order valence-corrected chi connectivity index (χ1v) is 13.2. The van der Waals surface area contributed by atoms with Gasteiger partial charge in [-0.3, -0.25) is 4.79 Å². The molecular weight excluding hydrogens is 426 g/mol. The summed E-state index contributed by atoms with van der Waals surface area (Å²) in [5, 5.41) is 0.118. The van der Waals surface area contributed by atoms with Crippen LogP contribution in [0, 0.1) is 5.92 Å². The number of rotatable bonds is 10. The lowest BCUT2D eigenvalue weighted by Crippen LogP contribution is -2.38. The fourth-order valence-electron chi connectivity index (χ4n) is 4.27. The van der Waals surface area contributed by atoms with Crippen LogP contribution in [0.4, 0.5) is 0 Å². The van der Waals surface area contributed by atoms with Crippen molar-refractivity contribution in [2.24, 2.45) is 5.92 Å². The second kappa shape index (κ2) is 9.75. The molecule has 0 bridgehead atoms. The highest BCUT2D eigenvalue weighted by atomic mass is 32.2. The smallest absolute Gasteiger partial charge is 0.228 e. The number of sulfone groups is 1. The number of hydrogen-bond donors (Lipinski definition) is 0. The Morgan fingerprint density at radius 1 is 1.22 bits per heavy atom. The van der Waals surface area contributed by atoms with Crippen LogP contribution < -0.4 is 0 Å². The molecule has 1 atom stereocenters. The van der Waals surface area contributed by atoms with Crippen molar-refractivity contribution >= 4 is 15.7 Å². The zero-order chi connectivity index (χ0) is 22.7. The number of nitrogens with zero attached hydrogens (tertiary/aromatic N) is 3. The van der Waals surface area contributed by atoms with Gasteiger partial charge in [-0.2, -0.15) is 0 Å². The standard InChI is InChI=1S/C24H33N3O4S/c1-18(2)13-23(28)26(16-22-9-6-12-31-22)15-21-14-25-24(27(21)20-10-11-20)32(29,30)17-19-7-4-3-5-8-19/h3-5,7-8,14,18,20,22H,6,9-13,15-17H2,1-2H3/t22-/m1/s1. The van der Waals surface area contributed by atoms with Crippen molar-refractivity contribution in [3.63, 3.8) is 0 Å². The highest BCUT2D eigenvalue weighted by molar-refractivity contribution is 7.90. The molecule has 1 aromatic heterocycles. The first-order valence-electron chi connectivity index (χ1n) is 11.6. The quantitative estimate of drug-likeness (QED) is 0.541. The third-order valence-corrected chi connectivity index (χ3v) is 7.54. The molecule has 8 heteroatoms. The molecule has 1 saturated carbocycles. The summed E-state index contributed by atoms with van der Waals surface area (Å²) in [6.07, 6.45) is 5.98. The van der Waals surface area contributed by atoms with Gasteiger partial charge in [0.15, 0.2) is 0 Å². The third kappa shape index (κ3) is 5.59. The van der Waals surface area contributed by atoms with Crippen LogP contribution in [-0.4, -0.2) is 48.0 Å². The molecule has 7 nitrogen and oxygen atoms in total. The number of benzene rings is 1. The Kier molecular flexibility index (Phi) is 7.00. The summed E-state index contributed by atoms with van der Waals surface area (Å²) in [6.45, 7) is 5.69. The van der Waals surface area contributed by atoms with Gasteiger partial charge in [-0.25, -0.2) is 13.4 Å². The van der Waals surface area contributed by atoms with Crippen molar-refractivity contribution in [2.45, 2.75) is 75.6 Å². The Labute approximate surface area is 190 Å². The van der Waals surface area contributed by atoms with E-state index in [0.29, 0.717) is 19.5 Å². The minimum atomic E-state index is -3.60. The highest BCUT2D eigenvalue weighted by Gasteiger charge is 2.34. The largest absolute Gasteiger partial charge is 0.376 e. The second-order valence-corrected chi connectivity index (χ2v) is 11.3. The van der Waals surface area contributed by atoms with Crippen LogP contribution in [0.25, 0.3) is 0 Å². The lowest BCUT2D eigenvalue weighted by Gasteiger charge is -2.27. The Bertz CT molecular complexity index is 1020. The average Bonchev–Trinajstić information content (AvgIpc) is 3.27. The molecule has 1 saturated heterocycles. The van der Waals surface area contributed by atoms with E-state index in [1.807, 2.05) is 53.6 Å². The van der Waals surface area contributed by atoms with Crippen LogP contribution in [0.2, 0.25) is 0 Å². The predicted octanol–water partition coefficient (Wildman–Crippen LogP) is 3.75. The monoisotopic (exact) mass is 459 g/mol. The van der Waals surface area contributed by atoms with E-state index in [1.54, 1.807) is 6.20 Å². The van der Waals surface area contributed by atoms with Crippen LogP contribution >= 0.6 is 0 Å². The lowest BCUT2D eigenvalue weighted by atomic mass is 10.1. The minimum Gasteiger partial charge on any atom is -0.376 e. The Morgan fingerprint density at radius 2 is 1.97 bits per heavy atom. The summed E-state index contributed by atoms with van der Waals surface area (Å²) in [5.41, 5.74) is 1.53. The van der Waals surface area contributed by atoms with E-state index in [2.05, 4.69) is 4.98 Å². The van der Waals surface area contributed by atoms with Crippen molar-refractivity contribution < 1.29 is 17.9 Å². The van der Waals surface area contributed by atoms with Gasteiger partial charge in [0, 0.05) is 25.6 Å². The summed E-state index contributed by atoms with van der Waals surface area (Å²) in [7, 11) is -3.60. The van der Waals surface area contributed by atoms with E-state index in [9.17, 15) is 13.2 Å². The fraction of sp³-hybridized carbons (Fsp3) is 0.583. The molecule has 0 radical (unpaired) electrons. The molecule has 2 heterocycles. The summed E-state index contributed by atoms with van der Waals surface area (Å²) in [4.78, 5) is 19.2. The van der Waals surface area contributed by atoms with Gasteiger partial charge < -0.3 is 14.2 Å². The van der Waals surface area contributed by atoms with Crippen LogP contribution in [0.5, 0.6) is 0 Å². The van der Waals surface area contributed by atoms with Crippen LogP contribution in [0.1, 0.15) is 63.3 Å². The van der Waals surface area contributed by atoms with Gasteiger partial charge >= 0.3 is 0 Å².